The molecule has 0 aromatic carbocycles. The molecular formula is C35H63NO12. The number of esters is 4. The van der Waals surface area contributed by atoms with Gasteiger partial charge in [-0.2, -0.15) is 0 Å². The summed E-state index contributed by atoms with van der Waals surface area (Å²) in [5, 5.41) is 10.9. The van der Waals surface area contributed by atoms with E-state index in [1.807, 2.05) is 27.7 Å². The molecule has 1 unspecified atom stereocenters. The number of unbranched alkanes of at least 4 members (excludes halogenated alkanes) is 3. The minimum atomic E-state index is -1.05. The Morgan fingerprint density at radius 3 is 1.73 bits per heavy atom. The maximum absolute atomic E-state index is 11.8. The highest BCUT2D eigenvalue weighted by molar-refractivity contribution is 5.77. The topological polar surface area (TPSA) is 181 Å². The molecule has 1 amide bonds. The number of aliphatic carboxylic acids is 1. The van der Waals surface area contributed by atoms with E-state index in [-0.39, 0.29) is 57.1 Å². The van der Waals surface area contributed by atoms with E-state index in [4.69, 9.17) is 28.8 Å². The predicted octanol–water partition coefficient (Wildman–Crippen LogP) is 6.39. The van der Waals surface area contributed by atoms with Gasteiger partial charge < -0.3 is 34.1 Å². The summed E-state index contributed by atoms with van der Waals surface area (Å²) in [7, 11) is 0. The van der Waals surface area contributed by atoms with Crippen molar-refractivity contribution in [1.29, 1.82) is 0 Å². The van der Waals surface area contributed by atoms with Crippen molar-refractivity contribution < 1.29 is 57.6 Å². The highest BCUT2D eigenvalue weighted by Gasteiger charge is 2.27. The van der Waals surface area contributed by atoms with Gasteiger partial charge in [-0.15, -0.1) is 0 Å². The number of hydrogen-bond acceptors (Lipinski definition) is 11. The number of carboxylic acid groups (broad SMARTS) is 1. The Hall–Kier alpha value is -3.38. The van der Waals surface area contributed by atoms with E-state index >= 15 is 0 Å². The number of nitrogens with one attached hydrogen (secondary N) is 1. The van der Waals surface area contributed by atoms with Crippen molar-refractivity contribution >= 4 is 35.9 Å². The lowest BCUT2D eigenvalue weighted by atomic mass is 9.91. The van der Waals surface area contributed by atoms with Gasteiger partial charge in [0.25, 0.3) is 0 Å². The van der Waals surface area contributed by atoms with Gasteiger partial charge in [0, 0.05) is 6.42 Å². The van der Waals surface area contributed by atoms with Gasteiger partial charge >= 0.3 is 35.9 Å². The van der Waals surface area contributed by atoms with Crippen LogP contribution in [0.1, 0.15) is 132 Å². The lowest BCUT2D eigenvalue weighted by Crippen LogP contribution is -2.32. The second-order valence-corrected chi connectivity index (χ2v) is 12.8. The van der Waals surface area contributed by atoms with Crippen molar-refractivity contribution in [3.05, 3.63) is 0 Å². The molecule has 0 aliphatic heterocycles. The average Bonchev–Trinajstić information content (AvgIpc) is 3.05. The molecule has 48 heavy (non-hydrogen) atoms. The van der Waals surface area contributed by atoms with Gasteiger partial charge in [-0.3, -0.25) is 24.0 Å². The quantitative estimate of drug-likeness (QED) is 0.0614. The summed E-state index contributed by atoms with van der Waals surface area (Å²) in [6, 6.07) is 0. The smallest absolute Gasteiger partial charge is 0.407 e. The third kappa shape index (κ3) is 25.7. The highest BCUT2D eigenvalue weighted by Crippen LogP contribution is 2.22. The van der Waals surface area contributed by atoms with Gasteiger partial charge in [0.1, 0.15) is 19.8 Å². The van der Waals surface area contributed by atoms with Gasteiger partial charge in [-0.25, -0.2) is 4.79 Å². The third-order valence-corrected chi connectivity index (χ3v) is 7.88. The van der Waals surface area contributed by atoms with Gasteiger partial charge in [-0.1, -0.05) is 47.0 Å². The summed E-state index contributed by atoms with van der Waals surface area (Å²) >= 11 is 0. The Morgan fingerprint density at radius 2 is 1.19 bits per heavy atom. The molecule has 0 aromatic heterocycles. The monoisotopic (exact) mass is 689 g/mol. The van der Waals surface area contributed by atoms with Crippen LogP contribution in [0.2, 0.25) is 0 Å². The summed E-state index contributed by atoms with van der Waals surface area (Å²) in [6.45, 7) is 16.4. The fourth-order valence-electron chi connectivity index (χ4n) is 3.49. The molecule has 1 atom stereocenters. The van der Waals surface area contributed by atoms with Crippen LogP contribution in [0.3, 0.4) is 0 Å². The Labute approximate surface area is 287 Å². The standard InChI is InChI=1S/C23H43NO6.C12H20O6/c1-6-9-13-19(7-2)18-30-20(25)14-11-10-12-16-29-22(27)24-15-17-28-21(26)23(4,5)8-3;1-4-12(2,3)11(16)18-8-7-17-10(15)6-5-9(13)14/h19H,6-18H2,1-5H3,(H,24,27);4-8H2,1-3H3,(H,13,14). The minimum Gasteiger partial charge on any atom is -0.481 e. The first-order valence-corrected chi connectivity index (χ1v) is 17.3. The number of hydrogen-bond donors (Lipinski definition) is 2. The molecule has 2 N–H and O–H groups in total. The molecule has 0 spiro atoms. The van der Waals surface area contributed by atoms with Gasteiger partial charge in [0.05, 0.1) is 43.4 Å². The first kappa shape index (κ1) is 46.7. The fourth-order valence-corrected chi connectivity index (χ4v) is 3.49. The molecule has 0 rings (SSSR count). The summed E-state index contributed by atoms with van der Waals surface area (Å²) in [5.41, 5.74) is -1.06. The number of carboxylic acids is 1. The van der Waals surface area contributed by atoms with E-state index in [0.29, 0.717) is 44.8 Å². The zero-order valence-corrected chi connectivity index (χ0v) is 30.7. The zero-order chi connectivity index (χ0) is 37.0. The van der Waals surface area contributed by atoms with Gasteiger partial charge in [0.2, 0.25) is 0 Å². The van der Waals surface area contributed by atoms with Crippen LogP contribution in [-0.4, -0.2) is 80.6 Å². The second-order valence-electron chi connectivity index (χ2n) is 12.8. The van der Waals surface area contributed by atoms with Crippen LogP contribution >= 0.6 is 0 Å². The molecule has 0 aliphatic rings. The minimum absolute atomic E-state index is 0.0128. The molecule has 13 heteroatoms. The molecule has 0 aliphatic carbocycles. The van der Waals surface area contributed by atoms with Gasteiger partial charge in [-0.05, 0) is 72.1 Å². The third-order valence-electron chi connectivity index (χ3n) is 7.88. The molecule has 0 aromatic rings. The van der Waals surface area contributed by atoms with Crippen LogP contribution in [-0.2, 0) is 47.7 Å². The van der Waals surface area contributed by atoms with E-state index in [1.54, 1.807) is 13.8 Å². The van der Waals surface area contributed by atoms with Crippen LogP contribution in [0.25, 0.3) is 0 Å². The molecule has 0 fully saturated rings. The van der Waals surface area contributed by atoms with Gasteiger partial charge in [0.15, 0.2) is 0 Å². The molecular weight excluding hydrogens is 626 g/mol. The van der Waals surface area contributed by atoms with E-state index < -0.39 is 28.9 Å². The number of amides is 1. The zero-order valence-electron chi connectivity index (χ0n) is 30.7. The summed E-state index contributed by atoms with van der Waals surface area (Å²) < 4.78 is 25.2. The van der Waals surface area contributed by atoms with Crippen molar-refractivity contribution in [2.24, 2.45) is 16.7 Å². The van der Waals surface area contributed by atoms with E-state index in [9.17, 15) is 28.8 Å². The first-order chi connectivity index (χ1) is 22.6. The largest absolute Gasteiger partial charge is 0.481 e. The van der Waals surface area contributed by atoms with Crippen molar-refractivity contribution in [1.82, 2.24) is 5.32 Å². The number of alkyl carbamates (subject to hydrolysis) is 1. The second kappa shape index (κ2) is 27.6. The molecule has 0 saturated carbocycles. The molecule has 0 bridgehead atoms. The number of carbonyl (C=O) groups is 6. The number of ether oxygens (including phenoxy) is 5. The van der Waals surface area contributed by atoms with Crippen LogP contribution < -0.4 is 5.32 Å². The normalized spacial score (nSPS) is 11.7. The van der Waals surface area contributed by atoms with Crippen LogP contribution in [0, 0.1) is 16.7 Å². The van der Waals surface area contributed by atoms with Crippen molar-refractivity contribution in [2.45, 2.75) is 132 Å². The maximum Gasteiger partial charge on any atom is 0.407 e. The SMILES string of the molecule is CCC(C)(C)C(=O)OCCOC(=O)CCC(=O)O.CCCCC(CC)COC(=O)CCCCCOC(=O)NCCOC(=O)C(C)(C)CC. The summed E-state index contributed by atoms with van der Waals surface area (Å²) in [4.78, 5) is 67.9. The highest BCUT2D eigenvalue weighted by atomic mass is 16.6. The fraction of sp³-hybridized carbons (Fsp3) is 0.829. The van der Waals surface area contributed by atoms with Crippen molar-refractivity contribution in [2.75, 3.05) is 39.6 Å². The van der Waals surface area contributed by atoms with E-state index in [0.717, 1.165) is 32.1 Å². The van der Waals surface area contributed by atoms with Crippen LogP contribution in [0.15, 0.2) is 0 Å². The summed E-state index contributed by atoms with van der Waals surface area (Å²) in [5.74, 6) is -1.96. The lowest BCUT2D eigenvalue weighted by molar-refractivity contribution is -0.159. The molecule has 0 radical (unpaired) electrons. The Morgan fingerprint density at radius 1 is 0.625 bits per heavy atom. The maximum atomic E-state index is 11.8. The lowest BCUT2D eigenvalue weighted by Gasteiger charge is -2.20. The van der Waals surface area contributed by atoms with Crippen LogP contribution in [0.5, 0.6) is 0 Å². The number of rotatable bonds is 25. The summed E-state index contributed by atoms with van der Waals surface area (Å²) in [6.07, 6.45) is 7.46. The molecule has 0 saturated heterocycles. The Balaban J connectivity index is 0. The average molecular weight is 690 g/mol. The van der Waals surface area contributed by atoms with Crippen LogP contribution in [0.4, 0.5) is 4.79 Å². The Bertz CT molecular complexity index is 948. The Kier molecular flexibility index (Phi) is 26.8. The number of carbonyl (C=O) groups excluding carboxylic acids is 5. The molecule has 280 valence electrons. The van der Waals surface area contributed by atoms with Crippen molar-refractivity contribution in [3.63, 3.8) is 0 Å². The van der Waals surface area contributed by atoms with E-state index in [2.05, 4.69) is 19.2 Å². The van der Waals surface area contributed by atoms with Crippen molar-refractivity contribution in [3.8, 4) is 0 Å². The van der Waals surface area contributed by atoms with E-state index in [1.165, 1.54) is 6.42 Å². The molecule has 13 nitrogen and oxygen atoms in total. The predicted molar refractivity (Wildman–Crippen MR) is 180 cm³/mol. The molecule has 0 heterocycles. The first-order valence-electron chi connectivity index (χ1n) is 17.3.